The summed E-state index contributed by atoms with van der Waals surface area (Å²) in [6.07, 6.45) is 1.23. The highest BCUT2D eigenvalue weighted by atomic mass is 32.2. The van der Waals surface area contributed by atoms with E-state index in [9.17, 15) is 13.2 Å². The van der Waals surface area contributed by atoms with Crippen LogP contribution in [0.2, 0.25) is 0 Å². The maximum Gasteiger partial charge on any atom is 0.241 e. The van der Waals surface area contributed by atoms with Crippen LogP contribution < -0.4 is 11.1 Å². The van der Waals surface area contributed by atoms with Crippen LogP contribution in [0.15, 0.2) is 18.2 Å². The highest BCUT2D eigenvalue weighted by molar-refractivity contribution is 7.90. The summed E-state index contributed by atoms with van der Waals surface area (Å²) in [6, 6.07) is 4.57. The normalized spacial score (nSPS) is 13.3. The molecule has 3 N–H and O–H groups in total. The lowest BCUT2D eigenvalue weighted by Crippen LogP contribution is -2.37. The highest BCUT2D eigenvalue weighted by Gasteiger charge is 2.16. The third kappa shape index (κ3) is 4.48. The van der Waals surface area contributed by atoms with Gasteiger partial charge >= 0.3 is 0 Å². The Bertz CT molecular complexity index is 768. The van der Waals surface area contributed by atoms with Crippen LogP contribution in [-0.4, -0.2) is 37.4 Å². The monoisotopic (exact) mass is 327 g/mol. The Morgan fingerprint density at radius 2 is 2.19 bits per heavy atom. The third-order valence-corrected chi connectivity index (χ3v) is 4.81. The molecule has 1 unspecified atom stereocenters. The quantitative estimate of drug-likeness (QED) is 0.862. The van der Waals surface area contributed by atoms with Gasteiger partial charge in [-0.3, -0.25) is 4.79 Å². The van der Waals surface area contributed by atoms with Crippen molar-refractivity contribution in [1.29, 1.82) is 0 Å². The summed E-state index contributed by atoms with van der Waals surface area (Å²) >= 11 is 1.54. The van der Waals surface area contributed by atoms with E-state index in [2.05, 4.69) is 10.3 Å². The van der Waals surface area contributed by atoms with Crippen LogP contribution in [0.4, 0.5) is 5.69 Å². The number of anilines is 1. The first kappa shape index (κ1) is 15.9. The molecule has 114 valence electrons. The second-order valence-corrected chi connectivity index (χ2v) is 8.42. The number of nitrogens with one attached hydrogen (secondary N) is 1. The first-order valence-electron chi connectivity index (χ1n) is 6.36. The second kappa shape index (κ2) is 6.08. The number of hydrogen-bond donors (Lipinski definition) is 2. The van der Waals surface area contributed by atoms with Gasteiger partial charge in [-0.2, -0.15) is 0 Å². The van der Waals surface area contributed by atoms with Gasteiger partial charge in [0.15, 0.2) is 0 Å². The zero-order chi connectivity index (χ0) is 15.6. The fourth-order valence-electron chi connectivity index (χ4n) is 1.82. The van der Waals surface area contributed by atoms with Gasteiger partial charge < -0.3 is 11.1 Å². The molecule has 1 amide bonds. The first-order chi connectivity index (χ1) is 9.74. The van der Waals surface area contributed by atoms with Crippen molar-refractivity contribution in [2.75, 3.05) is 17.3 Å². The Balaban J connectivity index is 2.03. The van der Waals surface area contributed by atoms with Crippen molar-refractivity contribution in [1.82, 2.24) is 4.98 Å². The van der Waals surface area contributed by atoms with E-state index >= 15 is 0 Å². The summed E-state index contributed by atoms with van der Waals surface area (Å²) < 4.78 is 23.1. The van der Waals surface area contributed by atoms with E-state index in [-0.39, 0.29) is 18.1 Å². The van der Waals surface area contributed by atoms with Crippen LogP contribution in [0.5, 0.6) is 0 Å². The summed E-state index contributed by atoms with van der Waals surface area (Å²) in [5.41, 5.74) is 7.22. The molecule has 0 saturated carbocycles. The molecule has 6 nitrogen and oxygen atoms in total. The van der Waals surface area contributed by atoms with Crippen molar-refractivity contribution in [3.63, 3.8) is 0 Å². The lowest BCUT2D eigenvalue weighted by molar-refractivity contribution is -0.117. The molecule has 0 spiro atoms. The molecule has 2 aromatic rings. The number of aryl methyl sites for hydroxylation is 1. The van der Waals surface area contributed by atoms with Crippen molar-refractivity contribution >= 4 is 43.0 Å². The van der Waals surface area contributed by atoms with E-state index in [4.69, 9.17) is 5.73 Å². The van der Waals surface area contributed by atoms with Gasteiger partial charge in [0.1, 0.15) is 9.84 Å². The summed E-state index contributed by atoms with van der Waals surface area (Å²) in [6.45, 7) is 1.92. The average molecular weight is 327 g/mol. The number of carbonyl (C=O) groups excluding carboxylic acids is 1. The molecule has 1 aromatic heterocycles. The third-order valence-electron chi connectivity index (χ3n) is 2.90. The number of sulfone groups is 1. The summed E-state index contributed by atoms with van der Waals surface area (Å²) in [5, 5.41) is 3.66. The lowest BCUT2D eigenvalue weighted by atomic mass is 10.2. The number of nitrogens with zero attached hydrogens (tertiary/aromatic N) is 1. The van der Waals surface area contributed by atoms with Gasteiger partial charge in [-0.15, -0.1) is 11.3 Å². The molecule has 0 aliphatic rings. The van der Waals surface area contributed by atoms with Crippen LogP contribution in [0, 0.1) is 6.92 Å². The SMILES string of the molecule is Cc1nc2ccc(NC(=O)C(N)CCS(C)(=O)=O)cc2s1. The minimum atomic E-state index is -3.12. The predicted octanol–water partition coefficient (Wildman–Crippen LogP) is 1.31. The molecule has 1 heterocycles. The van der Waals surface area contributed by atoms with Gasteiger partial charge in [-0.25, -0.2) is 13.4 Å². The maximum atomic E-state index is 11.9. The Labute approximate surface area is 127 Å². The van der Waals surface area contributed by atoms with Crippen molar-refractivity contribution in [2.24, 2.45) is 5.73 Å². The number of benzene rings is 1. The Morgan fingerprint density at radius 3 is 2.86 bits per heavy atom. The number of thiazole rings is 1. The van der Waals surface area contributed by atoms with Gasteiger partial charge in [0.05, 0.1) is 27.0 Å². The minimum absolute atomic E-state index is 0.103. The van der Waals surface area contributed by atoms with Crippen LogP contribution in [0.25, 0.3) is 10.2 Å². The molecule has 0 aliphatic carbocycles. The summed E-state index contributed by atoms with van der Waals surface area (Å²) in [7, 11) is -3.12. The van der Waals surface area contributed by atoms with Crippen LogP contribution in [-0.2, 0) is 14.6 Å². The number of fused-ring (bicyclic) bond motifs is 1. The standard InChI is InChI=1S/C13H17N3O3S2/c1-8-15-11-4-3-9(7-12(11)20-8)16-13(17)10(14)5-6-21(2,18)19/h3-4,7,10H,5-6,14H2,1-2H3,(H,16,17). The average Bonchev–Trinajstić information content (AvgIpc) is 2.74. The number of carbonyl (C=O) groups is 1. The molecule has 0 fully saturated rings. The van der Waals surface area contributed by atoms with Crippen molar-refractivity contribution in [3.05, 3.63) is 23.2 Å². The molecule has 21 heavy (non-hydrogen) atoms. The minimum Gasteiger partial charge on any atom is -0.325 e. The van der Waals surface area contributed by atoms with E-state index in [0.29, 0.717) is 5.69 Å². The van der Waals surface area contributed by atoms with Gasteiger partial charge in [0.2, 0.25) is 5.91 Å². The van der Waals surface area contributed by atoms with Crippen molar-refractivity contribution in [2.45, 2.75) is 19.4 Å². The van der Waals surface area contributed by atoms with E-state index in [0.717, 1.165) is 21.5 Å². The highest BCUT2D eigenvalue weighted by Crippen LogP contribution is 2.24. The van der Waals surface area contributed by atoms with Gasteiger partial charge in [-0.05, 0) is 31.5 Å². The Morgan fingerprint density at radius 1 is 1.48 bits per heavy atom. The Kier molecular flexibility index (Phi) is 4.60. The predicted molar refractivity (Wildman–Crippen MR) is 85.3 cm³/mol. The van der Waals surface area contributed by atoms with Crippen molar-refractivity contribution in [3.8, 4) is 0 Å². The number of nitrogens with two attached hydrogens (primary N) is 1. The lowest BCUT2D eigenvalue weighted by Gasteiger charge is -2.11. The molecule has 0 saturated heterocycles. The van der Waals surface area contributed by atoms with Gasteiger partial charge in [-0.1, -0.05) is 0 Å². The van der Waals surface area contributed by atoms with E-state index in [1.54, 1.807) is 17.4 Å². The fraction of sp³-hybridized carbons (Fsp3) is 0.385. The largest absolute Gasteiger partial charge is 0.325 e. The van der Waals surface area contributed by atoms with Gasteiger partial charge in [0, 0.05) is 11.9 Å². The molecular weight excluding hydrogens is 310 g/mol. The van der Waals surface area contributed by atoms with Crippen LogP contribution >= 0.6 is 11.3 Å². The summed E-state index contributed by atoms with van der Waals surface area (Å²) in [4.78, 5) is 16.3. The number of amides is 1. The first-order valence-corrected chi connectivity index (χ1v) is 9.24. The number of aromatic nitrogens is 1. The smallest absolute Gasteiger partial charge is 0.241 e. The molecule has 2 rings (SSSR count). The van der Waals surface area contributed by atoms with Gasteiger partial charge in [0.25, 0.3) is 0 Å². The van der Waals surface area contributed by atoms with Crippen LogP contribution in [0.1, 0.15) is 11.4 Å². The zero-order valence-corrected chi connectivity index (χ0v) is 13.4. The number of rotatable bonds is 5. The molecule has 1 aromatic carbocycles. The van der Waals surface area contributed by atoms with E-state index < -0.39 is 15.9 Å². The molecule has 0 radical (unpaired) electrons. The molecular formula is C13H17N3O3S2. The van der Waals surface area contributed by atoms with Crippen LogP contribution in [0.3, 0.4) is 0 Å². The second-order valence-electron chi connectivity index (χ2n) is 4.93. The molecule has 0 bridgehead atoms. The zero-order valence-electron chi connectivity index (χ0n) is 11.8. The van der Waals surface area contributed by atoms with E-state index in [1.165, 1.54) is 0 Å². The van der Waals surface area contributed by atoms with E-state index in [1.807, 2.05) is 19.1 Å². The molecule has 0 aliphatic heterocycles. The topological polar surface area (TPSA) is 102 Å². The molecule has 8 heteroatoms. The summed E-state index contributed by atoms with van der Waals surface area (Å²) in [5.74, 6) is -0.492. The fourth-order valence-corrected chi connectivity index (χ4v) is 3.37. The Hall–Kier alpha value is -1.51. The maximum absolute atomic E-state index is 11.9. The molecule has 1 atom stereocenters. The van der Waals surface area contributed by atoms with Crippen molar-refractivity contribution < 1.29 is 13.2 Å². The number of hydrogen-bond acceptors (Lipinski definition) is 6.